The fourth-order valence-corrected chi connectivity index (χ4v) is 2.55. The molecule has 17 heavy (non-hydrogen) atoms. The van der Waals surface area contributed by atoms with Gasteiger partial charge < -0.3 is 4.42 Å². The minimum Gasteiger partial charge on any atom is -0.469 e. The van der Waals surface area contributed by atoms with Crippen LogP contribution in [0.1, 0.15) is 19.1 Å². The molecule has 1 aromatic rings. The molecule has 5 nitrogen and oxygen atoms in total. The molecule has 1 aromatic heterocycles. The van der Waals surface area contributed by atoms with Gasteiger partial charge >= 0.3 is 0 Å². The van der Waals surface area contributed by atoms with Gasteiger partial charge in [0.1, 0.15) is 5.76 Å². The molecule has 1 heterocycles. The van der Waals surface area contributed by atoms with E-state index in [-0.39, 0.29) is 6.04 Å². The van der Waals surface area contributed by atoms with E-state index in [0.29, 0.717) is 0 Å². The van der Waals surface area contributed by atoms with Gasteiger partial charge in [0.2, 0.25) is 0 Å². The Labute approximate surface area is 103 Å². The Morgan fingerprint density at radius 2 is 2.00 bits per heavy atom. The van der Waals surface area contributed by atoms with Gasteiger partial charge in [-0.15, -0.1) is 0 Å². The zero-order valence-electron chi connectivity index (χ0n) is 10.8. The predicted molar refractivity (Wildman–Crippen MR) is 66.9 cm³/mol. The van der Waals surface area contributed by atoms with Crippen LogP contribution in [0.5, 0.6) is 0 Å². The van der Waals surface area contributed by atoms with Crippen LogP contribution in [-0.2, 0) is 16.6 Å². The summed E-state index contributed by atoms with van der Waals surface area (Å²) >= 11 is 0. The molecule has 1 rings (SSSR count). The maximum Gasteiger partial charge on any atom is 0.281 e. The summed E-state index contributed by atoms with van der Waals surface area (Å²) < 4.78 is 31.5. The third-order valence-corrected chi connectivity index (χ3v) is 4.85. The monoisotopic (exact) mass is 260 g/mol. The van der Waals surface area contributed by atoms with Crippen molar-refractivity contribution in [2.75, 3.05) is 21.1 Å². The molecular formula is C11H20N2O3S. The molecule has 0 aromatic carbocycles. The Morgan fingerprint density at radius 3 is 2.47 bits per heavy atom. The third-order valence-electron chi connectivity index (χ3n) is 2.83. The molecule has 6 heteroatoms. The number of rotatable bonds is 6. The lowest BCUT2D eigenvalue weighted by Crippen LogP contribution is -2.42. The summed E-state index contributed by atoms with van der Waals surface area (Å²) in [6.45, 7) is 1.89. The van der Waals surface area contributed by atoms with Gasteiger partial charge in [-0.3, -0.25) is 0 Å². The summed E-state index contributed by atoms with van der Waals surface area (Å²) in [5, 5.41) is 0. The van der Waals surface area contributed by atoms with Crippen molar-refractivity contribution in [2.45, 2.75) is 25.8 Å². The Morgan fingerprint density at radius 1 is 1.35 bits per heavy atom. The standard InChI is InChI=1S/C11H20N2O3S/c1-10(7-8-11-6-5-9-16-11)13(4)17(14,15)12(2)3/h5-6,9-10H,7-8H2,1-4H3/t10-/m1/s1. The van der Waals surface area contributed by atoms with Crippen LogP contribution in [0.2, 0.25) is 0 Å². The van der Waals surface area contributed by atoms with E-state index in [2.05, 4.69) is 0 Å². The first-order valence-corrected chi connectivity index (χ1v) is 6.93. The van der Waals surface area contributed by atoms with Crippen molar-refractivity contribution in [1.29, 1.82) is 0 Å². The van der Waals surface area contributed by atoms with Crippen LogP contribution in [0, 0.1) is 0 Å². The molecule has 0 spiro atoms. The first kappa shape index (κ1) is 14.2. The number of hydrogen-bond donors (Lipinski definition) is 0. The van der Waals surface area contributed by atoms with Crippen LogP contribution in [0.15, 0.2) is 22.8 Å². The normalized spacial score (nSPS) is 14.5. The maximum atomic E-state index is 11.9. The Bertz CT molecular complexity index is 426. The lowest BCUT2D eigenvalue weighted by atomic mass is 10.1. The molecule has 0 saturated heterocycles. The predicted octanol–water partition coefficient (Wildman–Crippen LogP) is 1.34. The van der Waals surface area contributed by atoms with E-state index in [4.69, 9.17) is 4.42 Å². The summed E-state index contributed by atoms with van der Waals surface area (Å²) in [6.07, 6.45) is 3.10. The fraction of sp³-hybridized carbons (Fsp3) is 0.636. The van der Waals surface area contributed by atoms with E-state index in [1.165, 1.54) is 22.7 Å². The second-order valence-electron chi connectivity index (χ2n) is 4.27. The van der Waals surface area contributed by atoms with Gasteiger partial charge in [-0.05, 0) is 25.5 Å². The van der Waals surface area contributed by atoms with Crippen molar-refractivity contribution >= 4 is 10.2 Å². The van der Waals surface area contributed by atoms with E-state index < -0.39 is 10.2 Å². The smallest absolute Gasteiger partial charge is 0.281 e. The second-order valence-corrected chi connectivity index (χ2v) is 6.48. The van der Waals surface area contributed by atoms with Crippen molar-refractivity contribution in [3.8, 4) is 0 Å². The lowest BCUT2D eigenvalue weighted by molar-refractivity contribution is 0.338. The summed E-state index contributed by atoms with van der Waals surface area (Å²) in [5.74, 6) is 0.882. The molecule has 1 atom stereocenters. The van der Waals surface area contributed by atoms with Crippen molar-refractivity contribution in [1.82, 2.24) is 8.61 Å². The molecule has 0 aliphatic carbocycles. The first-order chi connectivity index (χ1) is 7.85. The molecule has 0 unspecified atom stereocenters. The Kier molecular flexibility index (Phi) is 4.73. The van der Waals surface area contributed by atoms with Gasteiger partial charge in [-0.25, -0.2) is 0 Å². The fourth-order valence-electron chi connectivity index (χ4n) is 1.47. The van der Waals surface area contributed by atoms with Crippen LogP contribution in [-0.4, -0.2) is 44.2 Å². The minimum atomic E-state index is -3.33. The summed E-state index contributed by atoms with van der Waals surface area (Å²) in [5.41, 5.74) is 0. The molecule has 0 saturated carbocycles. The molecule has 0 aliphatic rings. The highest BCUT2D eigenvalue weighted by atomic mass is 32.2. The number of nitrogens with zero attached hydrogens (tertiary/aromatic N) is 2. The summed E-state index contributed by atoms with van der Waals surface area (Å²) in [7, 11) is 1.33. The van der Waals surface area contributed by atoms with E-state index in [1.807, 2.05) is 19.1 Å². The van der Waals surface area contributed by atoms with Crippen molar-refractivity contribution in [3.63, 3.8) is 0 Å². The topological polar surface area (TPSA) is 53.8 Å². The number of aryl methyl sites for hydroxylation is 1. The van der Waals surface area contributed by atoms with Crippen LogP contribution in [0.4, 0.5) is 0 Å². The van der Waals surface area contributed by atoms with Gasteiger partial charge in [0.05, 0.1) is 6.26 Å². The Hall–Kier alpha value is -0.850. The summed E-state index contributed by atoms with van der Waals surface area (Å²) in [6, 6.07) is 3.67. The SMILES string of the molecule is C[C@H](CCc1ccco1)N(C)S(=O)(=O)N(C)C. The van der Waals surface area contributed by atoms with Crippen LogP contribution < -0.4 is 0 Å². The zero-order chi connectivity index (χ0) is 13.1. The maximum absolute atomic E-state index is 11.9. The molecular weight excluding hydrogens is 240 g/mol. The van der Waals surface area contributed by atoms with Gasteiger partial charge in [0.25, 0.3) is 10.2 Å². The van der Waals surface area contributed by atoms with Crippen LogP contribution >= 0.6 is 0 Å². The highest BCUT2D eigenvalue weighted by molar-refractivity contribution is 7.86. The first-order valence-electron chi connectivity index (χ1n) is 5.53. The van der Waals surface area contributed by atoms with E-state index in [9.17, 15) is 8.42 Å². The quantitative estimate of drug-likeness (QED) is 0.775. The molecule has 0 fully saturated rings. The molecule has 0 amide bonds. The molecule has 98 valence electrons. The molecule has 0 N–H and O–H groups in total. The van der Waals surface area contributed by atoms with Gasteiger partial charge in [0.15, 0.2) is 0 Å². The number of hydrogen-bond acceptors (Lipinski definition) is 3. The second kappa shape index (κ2) is 5.66. The average molecular weight is 260 g/mol. The van der Waals surface area contributed by atoms with Gasteiger partial charge in [-0.1, -0.05) is 0 Å². The zero-order valence-corrected chi connectivity index (χ0v) is 11.6. The van der Waals surface area contributed by atoms with Crippen molar-refractivity contribution in [3.05, 3.63) is 24.2 Å². The Balaban J connectivity index is 2.56. The van der Waals surface area contributed by atoms with Gasteiger partial charge in [-0.2, -0.15) is 17.0 Å². The summed E-state index contributed by atoms with van der Waals surface area (Å²) in [4.78, 5) is 0. The van der Waals surface area contributed by atoms with Crippen molar-refractivity contribution in [2.24, 2.45) is 0 Å². The largest absolute Gasteiger partial charge is 0.469 e. The highest BCUT2D eigenvalue weighted by Crippen LogP contribution is 2.13. The third kappa shape index (κ3) is 3.55. The average Bonchev–Trinajstić information content (AvgIpc) is 2.77. The van der Waals surface area contributed by atoms with Crippen LogP contribution in [0.25, 0.3) is 0 Å². The minimum absolute atomic E-state index is 0.0625. The lowest BCUT2D eigenvalue weighted by Gasteiger charge is -2.26. The highest BCUT2D eigenvalue weighted by Gasteiger charge is 2.25. The van der Waals surface area contributed by atoms with E-state index in [0.717, 1.165) is 18.6 Å². The number of furan rings is 1. The van der Waals surface area contributed by atoms with E-state index >= 15 is 0 Å². The molecule has 0 radical (unpaired) electrons. The molecule has 0 bridgehead atoms. The van der Waals surface area contributed by atoms with Crippen molar-refractivity contribution < 1.29 is 12.8 Å². The van der Waals surface area contributed by atoms with Crippen LogP contribution in [0.3, 0.4) is 0 Å². The van der Waals surface area contributed by atoms with Gasteiger partial charge in [0, 0.05) is 33.6 Å². The van der Waals surface area contributed by atoms with E-state index in [1.54, 1.807) is 13.3 Å². The molecule has 0 aliphatic heterocycles.